The second-order valence-corrected chi connectivity index (χ2v) is 5.32. The number of carbonyl (C=O) groups excluding carboxylic acids is 1. The molecule has 1 saturated heterocycles. The number of hydrogen-bond acceptors (Lipinski definition) is 3. The Labute approximate surface area is 117 Å². The van der Waals surface area contributed by atoms with E-state index in [4.69, 9.17) is 9.47 Å². The molecular weight excluding hydrogens is 261 g/mol. The van der Waals surface area contributed by atoms with Crippen LogP contribution in [0.5, 0.6) is 0 Å². The van der Waals surface area contributed by atoms with Gasteiger partial charge in [-0.15, -0.1) is 0 Å². The molecule has 1 N–H and O–H groups in total. The van der Waals surface area contributed by atoms with E-state index >= 15 is 0 Å². The van der Waals surface area contributed by atoms with Gasteiger partial charge in [-0.2, -0.15) is 0 Å². The molecule has 1 amide bonds. The number of nitrogens with one attached hydrogen (secondary N) is 1. The molecule has 2 fully saturated rings. The molecule has 1 saturated carbocycles. The fourth-order valence-corrected chi connectivity index (χ4v) is 2.59. The van der Waals surface area contributed by atoms with E-state index in [1.165, 1.54) is 12.1 Å². The van der Waals surface area contributed by atoms with Crippen molar-refractivity contribution in [2.24, 2.45) is 5.92 Å². The monoisotopic (exact) mass is 279 g/mol. The van der Waals surface area contributed by atoms with Gasteiger partial charge >= 0.3 is 0 Å². The van der Waals surface area contributed by atoms with Crippen molar-refractivity contribution < 1.29 is 18.7 Å². The van der Waals surface area contributed by atoms with Crippen LogP contribution in [0.1, 0.15) is 17.9 Å². The molecule has 0 bridgehead atoms. The van der Waals surface area contributed by atoms with Crippen LogP contribution < -0.4 is 5.32 Å². The highest BCUT2D eigenvalue weighted by molar-refractivity contribution is 5.82. The number of ether oxygens (including phenoxy) is 2. The minimum absolute atomic E-state index is 0.0217. The van der Waals surface area contributed by atoms with Crippen LogP contribution in [0.4, 0.5) is 4.39 Å². The lowest BCUT2D eigenvalue weighted by Gasteiger charge is -2.23. The molecular formula is C15H18FNO3. The summed E-state index contributed by atoms with van der Waals surface area (Å²) in [5.74, 6) is -0.120. The molecule has 2 aliphatic rings. The summed E-state index contributed by atoms with van der Waals surface area (Å²) in [6.45, 7) is 2.20. The number of halogens is 1. The van der Waals surface area contributed by atoms with Gasteiger partial charge in [-0.05, 0) is 30.0 Å². The summed E-state index contributed by atoms with van der Waals surface area (Å²) in [7, 11) is 0. The SMILES string of the molecule is O=C(NC[C@@H]1COCCO1)[C@@H]1C[C@H]1c1cccc(F)c1. The summed E-state index contributed by atoms with van der Waals surface area (Å²) >= 11 is 0. The second-order valence-electron chi connectivity index (χ2n) is 5.32. The van der Waals surface area contributed by atoms with Crippen molar-refractivity contribution in [3.8, 4) is 0 Å². The molecule has 5 heteroatoms. The van der Waals surface area contributed by atoms with Gasteiger partial charge in [0.2, 0.25) is 5.91 Å². The number of hydrogen-bond donors (Lipinski definition) is 1. The fraction of sp³-hybridized carbons (Fsp3) is 0.533. The summed E-state index contributed by atoms with van der Waals surface area (Å²) < 4.78 is 23.9. The maximum absolute atomic E-state index is 13.1. The van der Waals surface area contributed by atoms with E-state index in [0.717, 1.165) is 12.0 Å². The number of amides is 1. The molecule has 1 aliphatic heterocycles. The van der Waals surface area contributed by atoms with Gasteiger partial charge in [-0.1, -0.05) is 12.1 Å². The smallest absolute Gasteiger partial charge is 0.223 e. The van der Waals surface area contributed by atoms with Gasteiger partial charge in [0.25, 0.3) is 0 Å². The Morgan fingerprint density at radius 1 is 1.40 bits per heavy atom. The molecule has 4 nitrogen and oxygen atoms in total. The molecule has 0 radical (unpaired) electrons. The highest BCUT2D eigenvalue weighted by Crippen LogP contribution is 2.47. The number of carbonyl (C=O) groups is 1. The minimum atomic E-state index is -0.249. The summed E-state index contributed by atoms with van der Waals surface area (Å²) in [6, 6.07) is 6.49. The van der Waals surface area contributed by atoms with Crippen LogP contribution in [-0.2, 0) is 14.3 Å². The van der Waals surface area contributed by atoms with Gasteiger partial charge in [0, 0.05) is 12.5 Å². The van der Waals surface area contributed by atoms with Gasteiger partial charge < -0.3 is 14.8 Å². The van der Waals surface area contributed by atoms with Crippen LogP contribution in [0.3, 0.4) is 0 Å². The zero-order valence-electron chi connectivity index (χ0n) is 11.2. The fourth-order valence-electron chi connectivity index (χ4n) is 2.59. The first-order valence-corrected chi connectivity index (χ1v) is 6.96. The van der Waals surface area contributed by atoms with Crippen LogP contribution in [0.2, 0.25) is 0 Å². The molecule has 1 aliphatic carbocycles. The Morgan fingerprint density at radius 2 is 2.30 bits per heavy atom. The van der Waals surface area contributed by atoms with E-state index in [1.807, 2.05) is 6.07 Å². The van der Waals surface area contributed by atoms with Crippen LogP contribution in [-0.4, -0.2) is 38.4 Å². The molecule has 0 spiro atoms. The lowest BCUT2D eigenvalue weighted by molar-refractivity contribution is -0.125. The molecule has 3 rings (SSSR count). The molecule has 0 aromatic heterocycles. The Balaban J connectivity index is 1.47. The summed E-state index contributed by atoms with van der Waals surface area (Å²) in [6.07, 6.45) is 0.733. The van der Waals surface area contributed by atoms with Crippen molar-refractivity contribution >= 4 is 5.91 Å². The highest BCUT2D eigenvalue weighted by Gasteiger charge is 2.44. The maximum atomic E-state index is 13.1. The zero-order valence-corrected chi connectivity index (χ0v) is 11.2. The van der Waals surface area contributed by atoms with E-state index in [1.54, 1.807) is 6.07 Å². The molecule has 1 aromatic carbocycles. The second kappa shape index (κ2) is 5.89. The van der Waals surface area contributed by atoms with Gasteiger partial charge in [0.05, 0.1) is 25.9 Å². The van der Waals surface area contributed by atoms with Crippen LogP contribution >= 0.6 is 0 Å². The predicted molar refractivity (Wildman–Crippen MR) is 70.8 cm³/mol. The van der Waals surface area contributed by atoms with Gasteiger partial charge in [-0.3, -0.25) is 4.79 Å². The number of benzene rings is 1. The molecule has 108 valence electrons. The average Bonchev–Trinajstić information content (AvgIpc) is 3.26. The van der Waals surface area contributed by atoms with Gasteiger partial charge in [0.15, 0.2) is 0 Å². The third-order valence-corrected chi connectivity index (χ3v) is 3.79. The van der Waals surface area contributed by atoms with Crippen LogP contribution in [0.15, 0.2) is 24.3 Å². The molecule has 0 unspecified atom stereocenters. The van der Waals surface area contributed by atoms with Crippen molar-refractivity contribution in [2.45, 2.75) is 18.4 Å². The normalized spacial score (nSPS) is 28.9. The van der Waals surface area contributed by atoms with E-state index in [-0.39, 0.29) is 29.7 Å². The highest BCUT2D eigenvalue weighted by atomic mass is 19.1. The van der Waals surface area contributed by atoms with Crippen molar-refractivity contribution in [2.75, 3.05) is 26.4 Å². The minimum Gasteiger partial charge on any atom is -0.376 e. The molecule has 3 atom stereocenters. The Morgan fingerprint density at radius 3 is 3.05 bits per heavy atom. The summed E-state index contributed by atoms with van der Waals surface area (Å²) in [5.41, 5.74) is 0.905. The summed E-state index contributed by atoms with van der Waals surface area (Å²) in [5, 5.41) is 2.89. The van der Waals surface area contributed by atoms with Crippen molar-refractivity contribution in [1.29, 1.82) is 0 Å². The largest absolute Gasteiger partial charge is 0.376 e. The molecule has 1 aromatic rings. The van der Waals surface area contributed by atoms with Crippen molar-refractivity contribution in [3.05, 3.63) is 35.6 Å². The molecule has 20 heavy (non-hydrogen) atoms. The Hall–Kier alpha value is -1.46. The average molecular weight is 279 g/mol. The zero-order chi connectivity index (χ0) is 13.9. The quantitative estimate of drug-likeness (QED) is 0.907. The van der Waals surface area contributed by atoms with E-state index in [0.29, 0.717) is 26.4 Å². The van der Waals surface area contributed by atoms with E-state index < -0.39 is 0 Å². The Kier molecular flexibility index (Phi) is 3.98. The Bertz CT molecular complexity index is 488. The standard InChI is InChI=1S/C15H18FNO3/c16-11-3-1-2-10(6-11)13-7-14(13)15(18)17-8-12-9-19-4-5-20-12/h1-3,6,12-14H,4-5,7-9H2,(H,17,18)/t12-,13+,14-/m1/s1. The first-order chi connectivity index (χ1) is 9.74. The maximum Gasteiger partial charge on any atom is 0.223 e. The van der Waals surface area contributed by atoms with Crippen LogP contribution in [0, 0.1) is 11.7 Å². The van der Waals surface area contributed by atoms with Crippen molar-refractivity contribution in [3.63, 3.8) is 0 Å². The van der Waals surface area contributed by atoms with E-state index in [2.05, 4.69) is 5.32 Å². The lowest BCUT2D eigenvalue weighted by atomic mass is 10.1. The van der Waals surface area contributed by atoms with Gasteiger partial charge in [-0.25, -0.2) is 4.39 Å². The van der Waals surface area contributed by atoms with Gasteiger partial charge in [0.1, 0.15) is 5.82 Å². The number of rotatable bonds is 4. The topological polar surface area (TPSA) is 47.6 Å². The first kappa shape index (κ1) is 13.5. The molecule has 1 heterocycles. The third-order valence-electron chi connectivity index (χ3n) is 3.79. The van der Waals surface area contributed by atoms with Crippen LogP contribution in [0.25, 0.3) is 0 Å². The third kappa shape index (κ3) is 3.16. The lowest BCUT2D eigenvalue weighted by Crippen LogP contribution is -2.40. The predicted octanol–water partition coefficient (Wildman–Crippen LogP) is 1.46. The van der Waals surface area contributed by atoms with E-state index in [9.17, 15) is 9.18 Å². The van der Waals surface area contributed by atoms with Crippen molar-refractivity contribution in [1.82, 2.24) is 5.32 Å². The first-order valence-electron chi connectivity index (χ1n) is 6.96. The summed E-state index contributed by atoms with van der Waals surface area (Å²) in [4.78, 5) is 12.0.